The van der Waals surface area contributed by atoms with Crippen LogP contribution in [0, 0.1) is 10.8 Å². The maximum atomic E-state index is 11.5. The predicted molar refractivity (Wildman–Crippen MR) is 69.2 cm³/mol. The van der Waals surface area contributed by atoms with Crippen molar-refractivity contribution in [3.8, 4) is 0 Å². The molecular formula is C12H18N4O. The summed E-state index contributed by atoms with van der Waals surface area (Å²) < 4.78 is 0. The summed E-state index contributed by atoms with van der Waals surface area (Å²) in [7, 11) is 0. The Morgan fingerprint density at radius 1 is 1.35 bits per heavy atom. The number of carbonyl (C=O) groups excluding carboxylic acids is 1. The number of para-hydroxylation sites is 1. The predicted octanol–water partition coefficient (Wildman–Crippen LogP) is 1.77. The number of urea groups is 1. The Labute approximate surface area is 101 Å². The van der Waals surface area contributed by atoms with Gasteiger partial charge in [0.25, 0.3) is 0 Å². The zero-order chi connectivity index (χ0) is 12.9. The van der Waals surface area contributed by atoms with E-state index in [0.29, 0.717) is 6.54 Å². The molecule has 0 aromatic heterocycles. The van der Waals surface area contributed by atoms with Crippen molar-refractivity contribution in [2.45, 2.75) is 13.8 Å². The fraction of sp³-hybridized carbons (Fsp3) is 0.333. The van der Waals surface area contributed by atoms with Gasteiger partial charge in [0.2, 0.25) is 0 Å². The third-order valence-corrected chi connectivity index (χ3v) is 2.45. The number of amidine groups is 1. The maximum Gasteiger partial charge on any atom is 0.319 e. The van der Waals surface area contributed by atoms with Gasteiger partial charge in [0.15, 0.2) is 0 Å². The molecule has 5 heteroatoms. The SMILES string of the molecule is CC(C)(CNC(=O)Nc1ccccc1)C(=N)N. The molecule has 1 aromatic rings. The van der Waals surface area contributed by atoms with Crippen molar-refractivity contribution in [1.29, 1.82) is 5.41 Å². The first kappa shape index (κ1) is 13.0. The Balaban J connectivity index is 2.44. The molecule has 0 aliphatic rings. The van der Waals surface area contributed by atoms with Gasteiger partial charge in [-0.3, -0.25) is 5.41 Å². The molecule has 1 aromatic carbocycles. The van der Waals surface area contributed by atoms with Crippen LogP contribution in [-0.2, 0) is 0 Å². The van der Waals surface area contributed by atoms with Gasteiger partial charge in [-0.05, 0) is 12.1 Å². The molecule has 0 heterocycles. The van der Waals surface area contributed by atoms with E-state index in [1.54, 1.807) is 26.0 Å². The second-order valence-corrected chi connectivity index (χ2v) is 4.47. The molecule has 0 atom stereocenters. The van der Waals surface area contributed by atoms with Crippen molar-refractivity contribution in [2.75, 3.05) is 11.9 Å². The fourth-order valence-corrected chi connectivity index (χ4v) is 1.09. The van der Waals surface area contributed by atoms with Crippen LogP contribution < -0.4 is 16.4 Å². The standard InChI is InChI=1S/C12H18N4O/c1-12(2,10(13)14)8-15-11(17)16-9-6-4-3-5-7-9/h3-7H,8H2,1-2H3,(H3,13,14)(H2,15,16,17). The molecule has 0 saturated carbocycles. The van der Waals surface area contributed by atoms with Crippen LogP contribution in [0.4, 0.5) is 10.5 Å². The number of hydrogen-bond donors (Lipinski definition) is 4. The summed E-state index contributed by atoms with van der Waals surface area (Å²) in [6.45, 7) is 3.93. The number of amides is 2. The van der Waals surface area contributed by atoms with Gasteiger partial charge in [0, 0.05) is 17.6 Å². The van der Waals surface area contributed by atoms with Crippen molar-refractivity contribution in [3.63, 3.8) is 0 Å². The average molecular weight is 234 g/mol. The molecule has 0 spiro atoms. The van der Waals surface area contributed by atoms with Crippen LogP contribution in [0.25, 0.3) is 0 Å². The van der Waals surface area contributed by atoms with E-state index < -0.39 is 5.41 Å². The molecule has 0 fully saturated rings. The molecule has 92 valence electrons. The first-order chi connectivity index (χ1) is 7.92. The van der Waals surface area contributed by atoms with Crippen molar-refractivity contribution in [1.82, 2.24) is 5.32 Å². The van der Waals surface area contributed by atoms with Crippen LogP contribution in [0.2, 0.25) is 0 Å². The van der Waals surface area contributed by atoms with E-state index in [1.807, 2.05) is 18.2 Å². The Hall–Kier alpha value is -2.04. The lowest BCUT2D eigenvalue weighted by Gasteiger charge is -2.23. The molecule has 17 heavy (non-hydrogen) atoms. The van der Waals surface area contributed by atoms with E-state index in [4.69, 9.17) is 11.1 Å². The molecule has 5 nitrogen and oxygen atoms in total. The van der Waals surface area contributed by atoms with Gasteiger partial charge in [-0.1, -0.05) is 32.0 Å². The van der Waals surface area contributed by atoms with Crippen LogP contribution in [0.5, 0.6) is 0 Å². The number of rotatable bonds is 4. The molecule has 1 rings (SSSR count). The highest BCUT2D eigenvalue weighted by atomic mass is 16.2. The van der Waals surface area contributed by atoms with E-state index in [2.05, 4.69) is 10.6 Å². The van der Waals surface area contributed by atoms with Crippen LogP contribution in [0.3, 0.4) is 0 Å². The Morgan fingerprint density at radius 3 is 2.47 bits per heavy atom. The van der Waals surface area contributed by atoms with E-state index in [1.165, 1.54) is 0 Å². The summed E-state index contributed by atoms with van der Waals surface area (Å²) in [6.07, 6.45) is 0. The molecule has 2 amide bonds. The average Bonchev–Trinajstić information content (AvgIpc) is 2.28. The van der Waals surface area contributed by atoms with Gasteiger partial charge in [0.1, 0.15) is 0 Å². The monoisotopic (exact) mass is 234 g/mol. The summed E-state index contributed by atoms with van der Waals surface area (Å²) in [5.41, 5.74) is 5.61. The van der Waals surface area contributed by atoms with E-state index in [9.17, 15) is 4.79 Å². The molecule has 5 N–H and O–H groups in total. The highest BCUT2D eigenvalue weighted by Gasteiger charge is 2.22. The molecule has 0 saturated heterocycles. The number of nitrogens with one attached hydrogen (secondary N) is 3. The number of carbonyl (C=O) groups is 1. The van der Waals surface area contributed by atoms with Crippen molar-refractivity contribution < 1.29 is 4.79 Å². The Kier molecular flexibility index (Phi) is 4.09. The van der Waals surface area contributed by atoms with Gasteiger partial charge < -0.3 is 16.4 Å². The zero-order valence-corrected chi connectivity index (χ0v) is 10.1. The highest BCUT2D eigenvalue weighted by molar-refractivity contribution is 5.90. The molecule has 0 bridgehead atoms. The molecule has 0 unspecified atom stereocenters. The van der Waals surface area contributed by atoms with Gasteiger partial charge >= 0.3 is 6.03 Å². The summed E-state index contributed by atoms with van der Waals surface area (Å²) in [6, 6.07) is 8.86. The van der Waals surface area contributed by atoms with E-state index in [-0.39, 0.29) is 11.9 Å². The maximum absolute atomic E-state index is 11.5. The topological polar surface area (TPSA) is 91.0 Å². The lowest BCUT2D eigenvalue weighted by molar-refractivity contribution is 0.249. The molecule has 0 aliphatic carbocycles. The normalized spacial score (nSPS) is 10.7. The van der Waals surface area contributed by atoms with Crippen LogP contribution in [0.1, 0.15) is 13.8 Å². The third kappa shape index (κ3) is 4.14. The largest absolute Gasteiger partial charge is 0.387 e. The second kappa shape index (κ2) is 5.34. The molecular weight excluding hydrogens is 216 g/mol. The minimum Gasteiger partial charge on any atom is -0.387 e. The third-order valence-electron chi connectivity index (χ3n) is 2.45. The number of nitrogens with two attached hydrogens (primary N) is 1. The van der Waals surface area contributed by atoms with Gasteiger partial charge in [0.05, 0.1) is 5.84 Å². The van der Waals surface area contributed by atoms with Gasteiger partial charge in [-0.25, -0.2) is 4.79 Å². The van der Waals surface area contributed by atoms with Crippen molar-refractivity contribution >= 4 is 17.6 Å². The molecule has 0 radical (unpaired) electrons. The van der Waals surface area contributed by atoms with Gasteiger partial charge in [-0.2, -0.15) is 0 Å². The van der Waals surface area contributed by atoms with E-state index >= 15 is 0 Å². The van der Waals surface area contributed by atoms with Crippen LogP contribution in [0.15, 0.2) is 30.3 Å². The number of hydrogen-bond acceptors (Lipinski definition) is 2. The second-order valence-electron chi connectivity index (χ2n) is 4.47. The Bertz CT molecular complexity index is 400. The minimum absolute atomic E-state index is 0.0533. The first-order valence-electron chi connectivity index (χ1n) is 5.36. The smallest absolute Gasteiger partial charge is 0.319 e. The van der Waals surface area contributed by atoms with Crippen LogP contribution >= 0.6 is 0 Å². The summed E-state index contributed by atoms with van der Waals surface area (Å²) in [5.74, 6) is 0.0533. The number of benzene rings is 1. The summed E-state index contributed by atoms with van der Waals surface area (Å²) in [4.78, 5) is 11.5. The fourth-order valence-electron chi connectivity index (χ4n) is 1.09. The van der Waals surface area contributed by atoms with Crippen molar-refractivity contribution in [3.05, 3.63) is 30.3 Å². The van der Waals surface area contributed by atoms with Gasteiger partial charge in [-0.15, -0.1) is 0 Å². The summed E-state index contributed by atoms with van der Waals surface area (Å²) in [5, 5.41) is 12.7. The highest BCUT2D eigenvalue weighted by Crippen LogP contribution is 2.12. The molecule has 0 aliphatic heterocycles. The summed E-state index contributed by atoms with van der Waals surface area (Å²) >= 11 is 0. The first-order valence-corrected chi connectivity index (χ1v) is 5.36. The minimum atomic E-state index is -0.534. The van der Waals surface area contributed by atoms with Crippen molar-refractivity contribution in [2.24, 2.45) is 11.1 Å². The van der Waals surface area contributed by atoms with E-state index in [0.717, 1.165) is 5.69 Å². The lowest BCUT2D eigenvalue weighted by atomic mass is 9.92. The quantitative estimate of drug-likeness (QED) is 0.472. The zero-order valence-electron chi connectivity index (χ0n) is 10.1. The lowest BCUT2D eigenvalue weighted by Crippen LogP contribution is -2.43. The number of anilines is 1. The van der Waals surface area contributed by atoms with Crippen LogP contribution in [-0.4, -0.2) is 18.4 Å². The Morgan fingerprint density at radius 2 is 1.94 bits per heavy atom.